The molecule has 13 heteroatoms. The Labute approximate surface area is 202 Å². The zero-order chi connectivity index (χ0) is 26.4. The highest BCUT2D eigenvalue weighted by atomic mass is 16.4. The van der Waals surface area contributed by atoms with E-state index < -0.39 is 60.8 Å². The van der Waals surface area contributed by atoms with Crippen LogP contribution in [-0.4, -0.2) is 76.2 Å². The van der Waals surface area contributed by atoms with Gasteiger partial charge in [0.2, 0.25) is 17.7 Å². The van der Waals surface area contributed by atoms with Crippen LogP contribution in [-0.2, 0) is 30.4 Å². The number of nitrogens with one attached hydrogen (secondary N) is 3. The second-order valence-corrected chi connectivity index (χ2v) is 7.93. The number of nitrogens with two attached hydrogens (primary N) is 2. The van der Waals surface area contributed by atoms with Gasteiger partial charge in [-0.2, -0.15) is 0 Å². The average Bonchev–Trinajstić information content (AvgIpc) is 2.80. The fourth-order valence-electron chi connectivity index (χ4n) is 3.06. The smallest absolute Gasteiger partial charge is 0.326 e. The van der Waals surface area contributed by atoms with E-state index in [1.807, 2.05) is 0 Å². The lowest BCUT2D eigenvalue weighted by Gasteiger charge is -2.21. The molecule has 0 saturated heterocycles. The Hall–Kier alpha value is -3.71. The minimum Gasteiger partial charge on any atom is -0.508 e. The third kappa shape index (κ3) is 11.8. The molecule has 0 aliphatic heterocycles. The summed E-state index contributed by atoms with van der Waals surface area (Å²) in [6.45, 7) is -0.0373. The maximum atomic E-state index is 12.7. The van der Waals surface area contributed by atoms with E-state index in [4.69, 9.17) is 16.6 Å². The van der Waals surface area contributed by atoms with E-state index in [1.165, 1.54) is 24.3 Å². The molecule has 13 nitrogen and oxygen atoms in total. The molecule has 194 valence electrons. The summed E-state index contributed by atoms with van der Waals surface area (Å²) >= 11 is 0. The summed E-state index contributed by atoms with van der Waals surface area (Å²) in [4.78, 5) is 59.6. The van der Waals surface area contributed by atoms with Crippen LogP contribution in [0.5, 0.6) is 5.75 Å². The lowest BCUT2D eigenvalue weighted by atomic mass is 10.0. The van der Waals surface area contributed by atoms with Crippen LogP contribution >= 0.6 is 0 Å². The largest absolute Gasteiger partial charge is 0.508 e. The molecule has 3 atom stereocenters. The highest BCUT2D eigenvalue weighted by Gasteiger charge is 2.27. The van der Waals surface area contributed by atoms with Crippen molar-refractivity contribution in [2.75, 3.05) is 13.1 Å². The van der Waals surface area contributed by atoms with Crippen molar-refractivity contribution in [3.8, 4) is 5.75 Å². The molecule has 0 bridgehead atoms. The van der Waals surface area contributed by atoms with Gasteiger partial charge in [0, 0.05) is 12.8 Å². The monoisotopic (exact) mass is 495 g/mol. The Morgan fingerprint density at radius 2 is 1.54 bits per heavy atom. The van der Waals surface area contributed by atoms with Crippen LogP contribution < -0.4 is 27.4 Å². The number of benzene rings is 1. The van der Waals surface area contributed by atoms with Crippen molar-refractivity contribution in [3.05, 3.63) is 29.8 Å². The van der Waals surface area contributed by atoms with Crippen LogP contribution in [0.15, 0.2) is 24.3 Å². The van der Waals surface area contributed by atoms with E-state index in [1.54, 1.807) is 0 Å². The molecule has 35 heavy (non-hydrogen) atoms. The van der Waals surface area contributed by atoms with E-state index in [9.17, 15) is 34.2 Å². The predicted molar refractivity (Wildman–Crippen MR) is 124 cm³/mol. The summed E-state index contributed by atoms with van der Waals surface area (Å²) in [6, 6.07) is 2.15. The standard InChI is InChI=1S/C22H33N5O8/c23-10-2-1-3-15(24)20(32)25-12-18(29)26-16(8-9-19(30)31)21(33)27-17(22(34)35)11-13-4-6-14(28)7-5-13/h4-7,15-17,28H,1-3,8-12,23-24H2,(H,25,32)(H,26,29)(H,27,33)(H,30,31)(H,34,35). The Morgan fingerprint density at radius 3 is 2.11 bits per heavy atom. The van der Waals surface area contributed by atoms with Gasteiger partial charge >= 0.3 is 11.9 Å². The minimum atomic E-state index is -1.37. The minimum absolute atomic E-state index is 0.00952. The van der Waals surface area contributed by atoms with Gasteiger partial charge in [0.1, 0.15) is 17.8 Å². The quantitative estimate of drug-likeness (QED) is 0.123. The number of unbranched alkanes of at least 4 members (excludes halogenated alkanes) is 1. The van der Waals surface area contributed by atoms with Gasteiger partial charge in [0.05, 0.1) is 12.6 Å². The first-order chi connectivity index (χ1) is 16.5. The summed E-state index contributed by atoms with van der Waals surface area (Å²) in [6.07, 6.45) is 0.845. The van der Waals surface area contributed by atoms with E-state index in [0.717, 1.165) is 0 Å². The summed E-state index contributed by atoms with van der Waals surface area (Å²) in [5.41, 5.74) is 11.7. The summed E-state index contributed by atoms with van der Waals surface area (Å²) in [5, 5.41) is 34.7. The highest BCUT2D eigenvalue weighted by Crippen LogP contribution is 2.12. The van der Waals surface area contributed by atoms with Crippen molar-refractivity contribution in [1.82, 2.24) is 16.0 Å². The number of rotatable bonds is 16. The maximum Gasteiger partial charge on any atom is 0.326 e. The van der Waals surface area contributed by atoms with Crippen molar-refractivity contribution >= 4 is 29.7 Å². The first-order valence-corrected chi connectivity index (χ1v) is 11.1. The molecule has 0 aromatic heterocycles. The van der Waals surface area contributed by atoms with Gasteiger partial charge < -0.3 is 42.7 Å². The van der Waals surface area contributed by atoms with Crippen LogP contribution in [0.4, 0.5) is 0 Å². The molecule has 3 unspecified atom stereocenters. The van der Waals surface area contributed by atoms with Gasteiger partial charge in [0.15, 0.2) is 0 Å². The highest BCUT2D eigenvalue weighted by molar-refractivity contribution is 5.92. The van der Waals surface area contributed by atoms with Crippen molar-refractivity contribution in [1.29, 1.82) is 0 Å². The summed E-state index contributed by atoms with van der Waals surface area (Å²) in [7, 11) is 0. The summed E-state index contributed by atoms with van der Waals surface area (Å²) in [5.74, 6) is -4.80. The number of carboxylic acid groups (broad SMARTS) is 2. The molecule has 1 aromatic rings. The average molecular weight is 496 g/mol. The summed E-state index contributed by atoms with van der Waals surface area (Å²) < 4.78 is 0. The number of hydrogen-bond donors (Lipinski definition) is 8. The molecule has 0 aliphatic rings. The molecule has 0 spiro atoms. The van der Waals surface area contributed by atoms with Crippen LogP contribution in [0, 0.1) is 0 Å². The molecule has 1 rings (SSSR count). The van der Waals surface area contributed by atoms with Gasteiger partial charge in [-0.15, -0.1) is 0 Å². The van der Waals surface area contributed by atoms with Gasteiger partial charge in [-0.05, 0) is 43.5 Å². The topological polar surface area (TPSA) is 234 Å². The normalized spacial score (nSPS) is 13.2. The van der Waals surface area contributed by atoms with E-state index in [-0.39, 0.29) is 18.6 Å². The number of amides is 3. The van der Waals surface area contributed by atoms with Crippen LogP contribution in [0.3, 0.4) is 0 Å². The molecule has 0 radical (unpaired) electrons. The Kier molecular flexibility index (Phi) is 12.8. The van der Waals surface area contributed by atoms with E-state index in [2.05, 4.69) is 16.0 Å². The predicted octanol–water partition coefficient (Wildman–Crippen LogP) is -1.57. The molecule has 0 saturated carbocycles. The molecule has 0 heterocycles. The first kappa shape index (κ1) is 29.3. The third-order valence-corrected chi connectivity index (χ3v) is 5.02. The van der Waals surface area contributed by atoms with Gasteiger partial charge in [-0.1, -0.05) is 18.6 Å². The second-order valence-electron chi connectivity index (χ2n) is 7.93. The lowest BCUT2D eigenvalue weighted by Crippen LogP contribution is -2.54. The molecular weight excluding hydrogens is 462 g/mol. The number of aliphatic carboxylic acids is 2. The fourth-order valence-corrected chi connectivity index (χ4v) is 3.06. The molecule has 10 N–H and O–H groups in total. The number of carboxylic acids is 2. The number of phenols is 1. The molecule has 0 fully saturated rings. The van der Waals surface area contributed by atoms with E-state index in [0.29, 0.717) is 31.4 Å². The zero-order valence-corrected chi connectivity index (χ0v) is 19.2. The second kappa shape index (κ2) is 15.2. The van der Waals surface area contributed by atoms with Crippen LogP contribution in [0.1, 0.15) is 37.7 Å². The van der Waals surface area contributed by atoms with Gasteiger partial charge in [-0.25, -0.2) is 4.79 Å². The zero-order valence-electron chi connectivity index (χ0n) is 19.2. The van der Waals surface area contributed by atoms with Crippen molar-refractivity contribution in [2.45, 2.75) is 56.7 Å². The lowest BCUT2D eigenvalue weighted by molar-refractivity contribution is -0.143. The molecule has 3 amide bonds. The number of phenolic OH excluding ortho intramolecular Hbond substituents is 1. The van der Waals surface area contributed by atoms with Crippen LogP contribution in [0.2, 0.25) is 0 Å². The number of aromatic hydroxyl groups is 1. The van der Waals surface area contributed by atoms with Crippen molar-refractivity contribution in [3.63, 3.8) is 0 Å². The number of carbonyl (C=O) groups excluding carboxylic acids is 3. The molecule has 1 aromatic carbocycles. The van der Waals surface area contributed by atoms with E-state index >= 15 is 0 Å². The van der Waals surface area contributed by atoms with Crippen molar-refractivity contribution in [2.24, 2.45) is 11.5 Å². The van der Waals surface area contributed by atoms with Gasteiger partial charge in [-0.3, -0.25) is 19.2 Å². The molecular formula is C22H33N5O8. The Bertz CT molecular complexity index is 877. The third-order valence-electron chi connectivity index (χ3n) is 5.02. The molecule has 0 aliphatic carbocycles. The van der Waals surface area contributed by atoms with Gasteiger partial charge in [0.25, 0.3) is 0 Å². The Morgan fingerprint density at radius 1 is 0.886 bits per heavy atom. The van der Waals surface area contributed by atoms with Crippen LogP contribution in [0.25, 0.3) is 0 Å². The Balaban J connectivity index is 2.74. The first-order valence-electron chi connectivity index (χ1n) is 11.1. The SMILES string of the molecule is NCCCCC(N)C(=O)NCC(=O)NC(CCC(=O)O)C(=O)NC(Cc1ccc(O)cc1)C(=O)O. The fraction of sp³-hybridized carbons (Fsp3) is 0.500. The van der Waals surface area contributed by atoms with Crippen molar-refractivity contribution < 1.29 is 39.3 Å². The number of hydrogen-bond acceptors (Lipinski definition) is 8. The maximum absolute atomic E-state index is 12.7. The number of carbonyl (C=O) groups is 5.